The minimum absolute atomic E-state index is 0.808. The van der Waals surface area contributed by atoms with Gasteiger partial charge in [-0.2, -0.15) is 0 Å². The maximum Gasteiger partial charge on any atom is 0.0526 e. The fourth-order valence-corrected chi connectivity index (χ4v) is 1.86. The molecule has 10 heavy (non-hydrogen) atoms. The van der Waals surface area contributed by atoms with E-state index in [-0.39, 0.29) is 0 Å². The molecule has 0 amide bonds. The third kappa shape index (κ3) is 1.00. The summed E-state index contributed by atoms with van der Waals surface area (Å²) >= 11 is 0. The molecule has 2 rings (SSSR count). The molecular formula is C7H9N2P. The number of nitrogens with one attached hydrogen (secondary N) is 2. The molecule has 1 unspecified atom stereocenters. The van der Waals surface area contributed by atoms with Crippen LogP contribution in [0.4, 0.5) is 5.69 Å². The normalized spacial score (nSPS) is 18.0. The van der Waals surface area contributed by atoms with E-state index >= 15 is 0 Å². The Morgan fingerprint density at radius 3 is 3.10 bits per heavy atom. The summed E-state index contributed by atoms with van der Waals surface area (Å²) in [7, 11) is 0.808. The minimum Gasteiger partial charge on any atom is -0.318 e. The van der Waals surface area contributed by atoms with Gasteiger partial charge < -0.3 is 5.43 Å². The van der Waals surface area contributed by atoms with Gasteiger partial charge in [-0.05, 0) is 20.4 Å². The van der Waals surface area contributed by atoms with E-state index in [0.717, 1.165) is 14.9 Å². The quantitative estimate of drug-likeness (QED) is 0.553. The van der Waals surface area contributed by atoms with Crippen molar-refractivity contribution in [3.8, 4) is 0 Å². The second kappa shape index (κ2) is 2.57. The highest BCUT2D eigenvalue weighted by Gasteiger charge is 2.04. The molecular weight excluding hydrogens is 143 g/mol. The van der Waals surface area contributed by atoms with Crippen LogP contribution in [0.25, 0.3) is 0 Å². The molecule has 1 heterocycles. The van der Waals surface area contributed by atoms with E-state index in [1.54, 1.807) is 0 Å². The second-order valence-corrected chi connectivity index (χ2v) is 3.22. The monoisotopic (exact) mass is 152 g/mol. The first-order chi connectivity index (χ1) is 4.97. The molecule has 0 aromatic heterocycles. The molecule has 1 atom stereocenters. The Labute approximate surface area is 61.8 Å². The number of fused-ring (bicyclic) bond motifs is 1. The van der Waals surface area contributed by atoms with Crippen LogP contribution in [0, 0.1) is 0 Å². The summed E-state index contributed by atoms with van der Waals surface area (Å²) in [5.74, 6) is 0. The van der Waals surface area contributed by atoms with Crippen LogP contribution in [0.1, 0.15) is 5.56 Å². The van der Waals surface area contributed by atoms with E-state index in [1.807, 2.05) is 6.07 Å². The standard InChI is InChI=1S/C7H9N2P/c1-2-4-7-6(3-1)5-10-9-8-7/h1-4,8-10H,5H2. The fourth-order valence-electron chi connectivity index (χ4n) is 1.05. The lowest BCUT2D eigenvalue weighted by molar-refractivity contribution is 1.13. The molecule has 1 aliphatic heterocycles. The van der Waals surface area contributed by atoms with Crippen LogP contribution in [0.15, 0.2) is 24.3 Å². The zero-order valence-corrected chi connectivity index (χ0v) is 6.52. The van der Waals surface area contributed by atoms with Gasteiger partial charge in [-0.25, -0.2) is 5.20 Å². The topological polar surface area (TPSA) is 24.1 Å². The molecule has 0 fully saturated rings. The lowest BCUT2D eigenvalue weighted by Gasteiger charge is -2.17. The highest BCUT2D eigenvalue weighted by atomic mass is 31.1. The van der Waals surface area contributed by atoms with E-state index < -0.39 is 0 Å². The van der Waals surface area contributed by atoms with Crippen LogP contribution >= 0.6 is 8.73 Å². The van der Waals surface area contributed by atoms with Crippen molar-refractivity contribution in [2.75, 3.05) is 5.43 Å². The molecule has 0 bridgehead atoms. The zero-order chi connectivity index (χ0) is 6.81. The Bertz CT molecular complexity index is 212. The highest BCUT2D eigenvalue weighted by Crippen LogP contribution is 2.26. The Balaban J connectivity index is 2.41. The first-order valence-corrected chi connectivity index (χ1v) is 4.49. The Morgan fingerprint density at radius 1 is 1.30 bits per heavy atom. The van der Waals surface area contributed by atoms with Gasteiger partial charge in [0, 0.05) is 6.16 Å². The number of hydrogen-bond acceptors (Lipinski definition) is 2. The van der Waals surface area contributed by atoms with Gasteiger partial charge in [0.1, 0.15) is 0 Å². The van der Waals surface area contributed by atoms with Crippen molar-refractivity contribution < 1.29 is 0 Å². The Kier molecular flexibility index (Phi) is 1.58. The molecule has 0 saturated heterocycles. The van der Waals surface area contributed by atoms with Crippen molar-refractivity contribution in [1.82, 2.24) is 5.20 Å². The Hall–Kier alpha value is -0.590. The molecule has 2 nitrogen and oxygen atoms in total. The SMILES string of the molecule is c1ccc2c(c1)CPNN2. The molecule has 1 aromatic carbocycles. The fraction of sp³-hybridized carbons (Fsp3) is 0.143. The molecule has 3 heteroatoms. The Morgan fingerprint density at radius 2 is 2.20 bits per heavy atom. The number of rotatable bonds is 0. The predicted molar refractivity (Wildman–Crippen MR) is 45.2 cm³/mol. The number of hydrazine groups is 1. The van der Waals surface area contributed by atoms with Gasteiger partial charge in [-0.1, -0.05) is 18.2 Å². The van der Waals surface area contributed by atoms with Crippen LogP contribution in [-0.4, -0.2) is 0 Å². The van der Waals surface area contributed by atoms with Gasteiger partial charge in [-0.15, -0.1) is 0 Å². The predicted octanol–water partition coefficient (Wildman–Crippen LogP) is 1.71. The molecule has 0 spiro atoms. The van der Waals surface area contributed by atoms with Crippen molar-refractivity contribution in [1.29, 1.82) is 0 Å². The maximum atomic E-state index is 3.12. The third-order valence-corrected chi connectivity index (χ3v) is 2.44. The van der Waals surface area contributed by atoms with Crippen LogP contribution < -0.4 is 10.6 Å². The molecule has 0 aliphatic carbocycles. The van der Waals surface area contributed by atoms with Crippen molar-refractivity contribution in [3.63, 3.8) is 0 Å². The summed E-state index contributed by atoms with van der Waals surface area (Å²) in [4.78, 5) is 0. The van der Waals surface area contributed by atoms with Crippen molar-refractivity contribution in [2.45, 2.75) is 6.16 Å². The first kappa shape index (κ1) is 6.14. The van der Waals surface area contributed by atoms with Crippen LogP contribution in [0.5, 0.6) is 0 Å². The lowest BCUT2D eigenvalue weighted by Crippen LogP contribution is -2.16. The average molecular weight is 152 g/mol. The minimum atomic E-state index is 0.808. The molecule has 1 aromatic rings. The molecule has 0 radical (unpaired) electrons. The van der Waals surface area contributed by atoms with Crippen LogP contribution in [0.2, 0.25) is 0 Å². The van der Waals surface area contributed by atoms with Gasteiger partial charge >= 0.3 is 0 Å². The summed E-state index contributed by atoms with van der Waals surface area (Å²) in [5, 5.41) is 3.12. The van der Waals surface area contributed by atoms with Gasteiger partial charge in [0.05, 0.1) is 5.69 Å². The zero-order valence-electron chi connectivity index (χ0n) is 5.52. The summed E-state index contributed by atoms with van der Waals surface area (Å²) < 4.78 is 0. The van der Waals surface area contributed by atoms with E-state index in [9.17, 15) is 0 Å². The molecule has 2 N–H and O–H groups in total. The number of hydrogen-bond donors (Lipinski definition) is 2. The molecule has 52 valence electrons. The highest BCUT2D eigenvalue weighted by molar-refractivity contribution is 7.34. The van der Waals surface area contributed by atoms with Gasteiger partial charge in [0.15, 0.2) is 0 Å². The second-order valence-electron chi connectivity index (χ2n) is 2.26. The van der Waals surface area contributed by atoms with E-state index in [1.165, 1.54) is 11.3 Å². The summed E-state index contributed by atoms with van der Waals surface area (Å²) in [6, 6.07) is 8.38. The molecule has 1 aliphatic rings. The summed E-state index contributed by atoms with van der Waals surface area (Å²) in [6.45, 7) is 0. The summed E-state index contributed by atoms with van der Waals surface area (Å²) in [5.41, 5.74) is 5.76. The van der Waals surface area contributed by atoms with Crippen LogP contribution in [-0.2, 0) is 6.16 Å². The third-order valence-electron chi connectivity index (χ3n) is 1.58. The first-order valence-electron chi connectivity index (χ1n) is 3.28. The molecule has 0 saturated carbocycles. The van der Waals surface area contributed by atoms with Crippen molar-refractivity contribution in [3.05, 3.63) is 29.8 Å². The van der Waals surface area contributed by atoms with E-state index in [4.69, 9.17) is 0 Å². The van der Waals surface area contributed by atoms with E-state index in [0.29, 0.717) is 0 Å². The number of benzene rings is 1. The smallest absolute Gasteiger partial charge is 0.0526 e. The average Bonchev–Trinajstić information content (AvgIpc) is 2.05. The van der Waals surface area contributed by atoms with Gasteiger partial charge in [0.2, 0.25) is 0 Å². The largest absolute Gasteiger partial charge is 0.318 e. The van der Waals surface area contributed by atoms with E-state index in [2.05, 4.69) is 28.8 Å². The number of para-hydroxylation sites is 1. The maximum absolute atomic E-state index is 3.12. The van der Waals surface area contributed by atoms with Crippen LogP contribution in [0.3, 0.4) is 0 Å². The van der Waals surface area contributed by atoms with Gasteiger partial charge in [0.25, 0.3) is 0 Å². The van der Waals surface area contributed by atoms with Crippen molar-refractivity contribution >= 4 is 14.4 Å². The summed E-state index contributed by atoms with van der Waals surface area (Å²) in [6.07, 6.45) is 1.16. The van der Waals surface area contributed by atoms with Gasteiger partial charge in [-0.3, -0.25) is 0 Å². The lowest BCUT2D eigenvalue weighted by atomic mass is 10.2. The van der Waals surface area contributed by atoms with Crippen molar-refractivity contribution in [2.24, 2.45) is 0 Å². The number of anilines is 1.